The monoisotopic (exact) mass is 382 g/mol. The molecule has 1 aliphatic heterocycles. The van der Waals surface area contributed by atoms with Crippen molar-refractivity contribution in [2.45, 2.75) is 32.7 Å². The summed E-state index contributed by atoms with van der Waals surface area (Å²) >= 11 is 0. The molecule has 0 atom stereocenters. The summed E-state index contributed by atoms with van der Waals surface area (Å²) in [5, 5.41) is 4.84. The fraction of sp³-hybridized carbons (Fsp3) is 0.280. The Morgan fingerprint density at radius 1 is 0.828 bits per heavy atom. The molecule has 146 valence electrons. The summed E-state index contributed by atoms with van der Waals surface area (Å²) in [6.45, 7) is 5.46. The third-order valence-corrected chi connectivity index (χ3v) is 5.90. The van der Waals surface area contributed by atoms with Crippen molar-refractivity contribution in [3.8, 4) is 22.4 Å². The zero-order chi connectivity index (χ0) is 19.6. The topological polar surface area (TPSA) is 33.4 Å². The van der Waals surface area contributed by atoms with E-state index < -0.39 is 0 Å². The second kappa shape index (κ2) is 7.80. The van der Waals surface area contributed by atoms with Crippen molar-refractivity contribution in [2.75, 3.05) is 13.1 Å². The molecule has 0 N–H and O–H groups in total. The van der Waals surface area contributed by atoms with Gasteiger partial charge >= 0.3 is 0 Å². The van der Waals surface area contributed by atoms with Crippen LogP contribution in [-0.2, 0) is 6.54 Å². The number of nitrogens with zero attached hydrogens (tertiary/aromatic N) is 4. The molecule has 0 bridgehead atoms. The number of piperidine rings is 1. The fourth-order valence-corrected chi connectivity index (χ4v) is 4.33. The number of likely N-dealkylation sites (tertiary alicyclic amines) is 1. The Hall–Kier alpha value is -2.98. The maximum absolute atomic E-state index is 4.85. The summed E-state index contributed by atoms with van der Waals surface area (Å²) in [5.74, 6) is 0. The molecule has 0 aliphatic carbocycles. The van der Waals surface area contributed by atoms with Crippen LogP contribution in [-0.4, -0.2) is 32.6 Å². The van der Waals surface area contributed by atoms with Gasteiger partial charge in [-0.15, -0.1) is 0 Å². The number of rotatable bonds is 4. The minimum absolute atomic E-state index is 0.895. The van der Waals surface area contributed by atoms with E-state index in [1.54, 1.807) is 0 Å². The SMILES string of the molecule is Cc1c(-c2ccccc2)cccc1-c1cn2nc(CN3CCCCC3)ccc2n1. The number of hydrogen-bond acceptors (Lipinski definition) is 3. The fourth-order valence-electron chi connectivity index (χ4n) is 4.33. The summed E-state index contributed by atoms with van der Waals surface area (Å²) in [6, 6.07) is 21.2. The van der Waals surface area contributed by atoms with E-state index in [0.717, 1.165) is 29.1 Å². The van der Waals surface area contributed by atoms with Crippen LogP contribution in [0.15, 0.2) is 66.9 Å². The molecule has 2 aromatic carbocycles. The van der Waals surface area contributed by atoms with E-state index in [1.165, 1.54) is 49.0 Å². The first-order chi connectivity index (χ1) is 14.3. The highest BCUT2D eigenvalue weighted by Gasteiger charge is 2.14. The highest BCUT2D eigenvalue weighted by atomic mass is 15.3. The Morgan fingerprint density at radius 3 is 2.45 bits per heavy atom. The molecular formula is C25H26N4. The standard InChI is InChI=1S/C25H26N4/c1-19-22(20-9-4-2-5-10-20)11-8-12-23(19)24-18-29-25(26-24)14-13-21(27-29)17-28-15-6-3-7-16-28/h2,4-5,8-14,18H,3,6-7,15-17H2,1H3. The van der Waals surface area contributed by atoms with E-state index in [-0.39, 0.29) is 0 Å². The zero-order valence-electron chi connectivity index (χ0n) is 16.9. The van der Waals surface area contributed by atoms with Gasteiger partial charge in [0.15, 0.2) is 5.65 Å². The van der Waals surface area contributed by atoms with Crippen LogP contribution in [0.2, 0.25) is 0 Å². The van der Waals surface area contributed by atoms with Crippen LogP contribution in [0.25, 0.3) is 28.0 Å². The summed E-state index contributed by atoms with van der Waals surface area (Å²) in [7, 11) is 0. The van der Waals surface area contributed by atoms with Crippen LogP contribution < -0.4 is 0 Å². The van der Waals surface area contributed by atoms with Gasteiger partial charge in [0.05, 0.1) is 17.6 Å². The lowest BCUT2D eigenvalue weighted by Gasteiger charge is -2.25. The molecule has 29 heavy (non-hydrogen) atoms. The van der Waals surface area contributed by atoms with Gasteiger partial charge in [-0.3, -0.25) is 4.90 Å². The predicted octanol–water partition coefficient (Wildman–Crippen LogP) is 5.36. The van der Waals surface area contributed by atoms with Gasteiger partial charge in [-0.25, -0.2) is 9.50 Å². The maximum Gasteiger partial charge on any atom is 0.154 e. The molecule has 5 rings (SSSR count). The first kappa shape index (κ1) is 18.1. The van der Waals surface area contributed by atoms with Crippen molar-refractivity contribution in [3.05, 3.63) is 78.1 Å². The maximum atomic E-state index is 4.85. The van der Waals surface area contributed by atoms with E-state index in [9.17, 15) is 0 Å². The van der Waals surface area contributed by atoms with Gasteiger partial charge in [0.25, 0.3) is 0 Å². The van der Waals surface area contributed by atoms with Crippen LogP contribution in [0.5, 0.6) is 0 Å². The summed E-state index contributed by atoms with van der Waals surface area (Å²) in [6.07, 6.45) is 6.02. The molecule has 2 aromatic heterocycles. The van der Waals surface area contributed by atoms with Gasteiger partial charge in [0.2, 0.25) is 0 Å². The first-order valence-electron chi connectivity index (χ1n) is 10.5. The highest BCUT2D eigenvalue weighted by molar-refractivity contribution is 5.77. The lowest BCUT2D eigenvalue weighted by atomic mass is 9.95. The highest BCUT2D eigenvalue weighted by Crippen LogP contribution is 2.31. The number of imidazole rings is 1. The third kappa shape index (κ3) is 3.68. The van der Waals surface area contributed by atoms with Gasteiger partial charge in [0.1, 0.15) is 0 Å². The van der Waals surface area contributed by atoms with Crippen molar-refractivity contribution in [2.24, 2.45) is 0 Å². The molecule has 0 radical (unpaired) electrons. The zero-order valence-corrected chi connectivity index (χ0v) is 16.9. The van der Waals surface area contributed by atoms with Crippen LogP contribution in [0, 0.1) is 6.92 Å². The van der Waals surface area contributed by atoms with Crippen molar-refractivity contribution < 1.29 is 0 Å². The van der Waals surface area contributed by atoms with Gasteiger partial charge in [-0.1, -0.05) is 55.0 Å². The number of aromatic nitrogens is 3. The molecular weight excluding hydrogens is 356 g/mol. The van der Waals surface area contributed by atoms with Gasteiger partial charge in [-0.05, 0) is 61.7 Å². The lowest BCUT2D eigenvalue weighted by molar-refractivity contribution is 0.217. The Balaban J connectivity index is 1.48. The van der Waals surface area contributed by atoms with Gasteiger partial charge < -0.3 is 0 Å². The molecule has 4 heteroatoms. The minimum Gasteiger partial charge on any atom is -0.297 e. The van der Waals surface area contributed by atoms with Crippen LogP contribution in [0.4, 0.5) is 0 Å². The number of fused-ring (bicyclic) bond motifs is 1. The number of hydrogen-bond donors (Lipinski definition) is 0. The van der Waals surface area contributed by atoms with Crippen molar-refractivity contribution in [1.29, 1.82) is 0 Å². The van der Waals surface area contributed by atoms with Crippen molar-refractivity contribution >= 4 is 5.65 Å². The molecule has 4 nitrogen and oxygen atoms in total. The first-order valence-corrected chi connectivity index (χ1v) is 10.5. The lowest BCUT2D eigenvalue weighted by Crippen LogP contribution is -2.29. The largest absolute Gasteiger partial charge is 0.297 e. The van der Waals surface area contributed by atoms with Crippen molar-refractivity contribution in [1.82, 2.24) is 19.5 Å². The molecule has 3 heterocycles. The average molecular weight is 383 g/mol. The summed E-state index contributed by atoms with van der Waals surface area (Å²) < 4.78 is 1.93. The second-order valence-electron chi connectivity index (χ2n) is 7.93. The smallest absolute Gasteiger partial charge is 0.154 e. The van der Waals surface area contributed by atoms with Crippen LogP contribution in [0.1, 0.15) is 30.5 Å². The Kier molecular flexibility index (Phi) is 4.86. The molecule has 1 aliphatic rings. The van der Waals surface area contributed by atoms with Crippen LogP contribution in [0.3, 0.4) is 0 Å². The Bertz CT molecular complexity index is 1120. The number of benzene rings is 2. The molecule has 4 aromatic rings. The Labute approximate surface area is 171 Å². The average Bonchev–Trinajstić information content (AvgIpc) is 3.18. The van der Waals surface area contributed by atoms with Crippen LogP contribution >= 0.6 is 0 Å². The minimum atomic E-state index is 0.895. The molecule has 0 spiro atoms. The molecule has 1 saturated heterocycles. The van der Waals surface area contributed by atoms with E-state index >= 15 is 0 Å². The molecule has 0 saturated carbocycles. The molecule has 0 unspecified atom stereocenters. The van der Waals surface area contributed by atoms with Gasteiger partial charge in [0, 0.05) is 12.1 Å². The van der Waals surface area contributed by atoms with E-state index in [4.69, 9.17) is 10.1 Å². The Morgan fingerprint density at radius 2 is 1.62 bits per heavy atom. The predicted molar refractivity (Wildman–Crippen MR) is 118 cm³/mol. The quantitative estimate of drug-likeness (QED) is 0.476. The normalized spacial score (nSPS) is 15.1. The molecule has 1 fully saturated rings. The summed E-state index contributed by atoms with van der Waals surface area (Å²) in [4.78, 5) is 7.36. The summed E-state index contributed by atoms with van der Waals surface area (Å²) in [5.41, 5.74) is 7.87. The van der Waals surface area contributed by atoms with Crippen molar-refractivity contribution in [3.63, 3.8) is 0 Å². The molecule has 0 amide bonds. The van der Waals surface area contributed by atoms with E-state index in [1.807, 2.05) is 4.52 Å². The second-order valence-corrected chi connectivity index (χ2v) is 7.93. The third-order valence-electron chi connectivity index (χ3n) is 5.90. The van der Waals surface area contributed by atoms with E-state index in [2.05, 4.69) is 78.7 Å². The van der Waals surface area contributed by atoms with E-state index in [0.29, 0.717) is 0 Å². The van der Waals surface area contributed by atoms with Gasteiger partial charge in [-0.2, -0.15) is 5.10 Å².